The lowest BCUT2D eigenvalue weighted by atomic mass is 10.1. The molecule has 3 rings (SSSR count). The van der Waals surface area contributed by atoms with E-state index in [-0.39, 0.29) is 41.8 Å². The lowest BCUT2D eigenvalue weighted by Gasteiger charge is -2.28. The van der Waals surface area contributed by atoms with E-state index in [1.165, 1.54) is 12.3 Å². The predicted molar refractivity (Wildman–Crippen MR) is 84.0 cm³/mol. The molecule has 1 aliphatic rings. The fourth-order valence-electron chi connectivity index (χ4n) is 2.23. The molecule has 1 aromatic carbocycles. The van der Waals surface area contributed by atoms with E-state index in [1.54, 1.807) is 6.07 Å². The van der Waals surface area contributed by atoms with Crippen LogP contribution in [-0.4, -0.2) is 42.4 Å². The van der Waals surface area contributed by atoms with Crippen LogP contribution in [0, 0.1) is 0 Å². The van der Waals surface area contributed by atoms with Gasteiger partial charge in [-0.15, -0.1) is 0 Å². The lowest BCUT2D eigenvalue weighted by Crippen LogP contribution is -2.36. The molecule has 0 atom stereocenters. The molecule has 5 heteroatoms. The molecule has 0 aliphatic carbocycles. The van der Waals surface area contributed by atoms with Gasteiger partial charge in [0.15, 0.2) is 0 Å². The minimum atomic E-state index is -0.996. The Hall–Kier alpha value is -2.40. The van der Waals surface area contributed by atoms with Gasteiger partial charge in [-0.1, -0.05) is 18.2 Å². The monoisotopic (exact) mass is 302 g/mol. The van der Waals surface area contributed by atoms with E-state index in [0.29, 0.717) is 37.6 Å². The molecule has 1 N–H and O–H groups in total. The van der Waals surface area contributed by atoms with Crippen molar-refractivity contribution in [3.8, 4) is 11.1 Å². The molecule has 2 aromatic rings. The molecule has 1 fully saturated rings. The largest absolute Gasteiger partial charge is 0.481 e. The predicted octanol–water partition coefficient (Wildman–Crippen LogP) is 2.21. The summed E-state index contributed by atoms with van der Waals surface area (Å²) in [6.45, 7) is 2.00. The Kier molecular flexibility index (Phi) is 3.09. The number of pyridine rings is 1. The molecule has 0 unspecified atom stereocenters. The van der Waals surface area contributed by atoms with Gasteiger partial charge in [0, 0.05) is 30.5 Å². The highest BCUT2D eigenvalue weighted by atomic mass is 16.5. The molecule has 1 aromatic heterocycles. The highest BCUT2D eigenvalue weighted by molar-refractivity contribution is 5.70. The summed E-state index contributed by atoms with van der Waals surface area (Å²) in [6, 6.07) is 2.62. The first-order chi connectivity index (χ1) is 12.4. The van der Waals surface area contributed by atoms with Gasteiger partial charge in [-0.05, 0) is 23.7 Å². The molecule has 114 valence electrons. The third kappa shape index (κ3) is 3.43. The van der Waals surface area contributed by atoms with Crippen LogP contribution in [0.1, 0.15) is 11.2 Å². The van der Waals surface area contributed by atoms with Crippen molar-refractivity contribution in [1.82, 2.24) is 4.98 Å². The first-order valence-electron chi connectivity index (χ1n) is 9.00. The number of rotatable bonds is 4. The number of hydrogen-bond donors (Lipinski definition) is 1. The number of nitrogens with zero attached hydrogens (tertiary/aromatic N) is 2. The Labute approximate surface area is 134 Å². The third-order valence-corrected chi connectivity index (χ3v) is 3.38. The summed E-state index contributed by atoms with van der Waals surface area (Å²) in [7, 11) is 0. The van der Waals surface area contributed by atoms with Gasteiger partial charge in [0.2, 0.25) is 0 Å². The van der Waals surface area contributed by atoms with Crippen LogP contribution in [0.5, 0.6) is 0 Å². The number of carbonyl (C=O) groups is 1. The van der Waals surface area contributed by atoms with Gasteiger partial charge in [-0.3, -0.25) is 9.78 Å². The number of hydrogen-bond acceptors (Lipinski definition) is 4. The summed E-state index contributed by atoms with van der Waals surface area (Å²) in [6.07, 6.45) is 1.17. The van der Waals surface area contributed by atoms with Crippen LogP contribution in [0.3, 0.4) is 0 Å². The molecule has 5 nitrogen and oxygen atoms in total. The Bertz CT molecular complexity index is 808. The molecule has 0 bridgehead atoms. The number of carboxylic acids is 1. The summed E-state index contributed by atoms with van der Waals surface area (Å²) in [5.41, 5.74) is 1.22. The van der Waals surface area contributed by atoms with Crippen molar-refractivity contribution < 1.29 is 20.1 Å². The van der Waals surface area contributed by atoms with E-state index in [0.717, 1.165) is 0 Å². The quantitative estimate of drug-likeness (QED) is 0.938. The number of ether oxygens (including phenoxy) is 1. The highest BCUT2D eigenvalue weighted by Crippen LogP contribution is 2.23. The van der Waals surface area contributed by atoms with Crippen molar-refractivity contribution in [1.29, 1.82) is 0 Å². The maximum Gasteiger partial charge on any atom is 0.309 e. The van der Waals surface area contributed by atoms with Crippen molar-refractivity contribution in [3.05, 3.63) is 48.2 Å². The van der Waals surface area contributed by atoms with Crippen LogP contribution in [0.15, 0.2) is 42.5 Å². The van der Waals surface area contributed by atoms with Crippen molar-refractivity contribution >= 4 is 11.7 Å². The number of aromatic nitrogens is 1. The standard InChI is InChI=1S/C17H18N2O3/c20-17(21)11-15-4-1-14(12-18-15)13-2-5-16(6-3-13)19-7-9-22-10-8-19/h1-6,12H,7-11H2,(H,20,21)/i2D,3D,5D,6D. The Morgan fingerprint density at radius 1 is 1.23 bits per heavy atom. The SMILES string of the molecule is [2H]c1c([2H])c(N2CCOCC2)c([2H])c([2H])c1-c1ccc(CC(=O)O)nc1. The zero-order valence-corrected chi connectivity index (χ0v) is 11.9. The van der Waals surface area contributed by atoms with Crippen molar-refractivity contribution in [3.63, 3.8) is 0 Å². The summed E-state index contributed by atoms with van der Waals surface area (Å²) >= 11 is 0. The molecule has 0 radical (unpaired) electrons. The number of anilines is 1. The molecular formula is C17H18N2O3. The van der Waals surface area contributed by atoms with Crippen LogP contribution >= 0.6 is 0 Å². The number of carboxylic acid groups (broad SMARTS) is 1. The average molecular weight is 302 g/mol. The Balaban J connectivity index is 2.04. The van der Waals surface area contributed by atoms with E-state index in [2.05, 4.69) is 4.98 Å². The maximum absolute atomic E-state index is 10.7. The lowest BCUT2D eigenvalue weighted by molar-refractivity contribution is -0.136. The Morgan fingerprint density at radius 3 is 2.55 bits per heavy atom. The molecule has 2 heterocycles. The number of morpholine rings is 1. The van der Waals surface area contributed by atoms with Crippen molar-refractivity contribution in [2.75, 3.05) is 31.2 Å². The van der Waals surface area contributed by atoms with Crippen LogP contribution in [0.25, 0.3) is 11.1 Å². The van der Waals surface area contributed by atoms with Gasteiger partial charge >= 0.3 is 5.97 Å². The molecule has 0 spiro atoms. The fraction of sp³-hybridized carbons (Fsp3) is 0.294. The summed E-state index contributed by atoms with van der Waals surface area (Å²) in [5.74, 6) is -0.996. The summed E-state index contributed by atoms with van der Waals surface area (Å²) in [5, 5.41) is 8.81. The first kappa shape index (κ1) is 10.3. The molecule has 0 saturated carbocycles. The van der Waals surface area contributed by atoms with Gasteiger partial charge in [-0.2, -0.15) is 0 Å². The van der Waals surface area contributed by atoms with Crippen LogP contribution < -0.4 is 4.90 Å². The zero-order chi connectivity index (χ0) is 18.8. The van der Waals surface area contributed by atoms with E-state index >= 15 is 0 Å². The Morgan fingerprint density at radius 2 is 1.95 bits per heavy atom. The van der Waals surface area contributed by atoms with Crippen molar-refractivity contribution in [2.24, 2.45) is 0 Å². The van der Waals surface area contributed by atoms with Gasteiger partial charge in [-0.25, -0.2) is 0 Å². The number of aliphatic carboxylic acids is 1. The second-order valence-corrected chi connectivity index (χ2v) is 4.93. The molecule has 1 aliphatic heterocycles. The van der Waals surface area contributed by atoms with Gasteiger partial charge in [0.25, 0.3) is 0 Å². The summed E-state index contributed by atoms with van der Waals surface area (Å²) in [4.78, 5) is 16.6. The van der Waals surface area contributed by atoms with Gasteiger partial charge < -0.3 is 14.7 Å². The third-order valence-electron chi connectivity index (χ3n) is 3.38. The second kappa shape index (κ2) is 6.58. The molecular weight excluding hydrogens is 280 g/mol. The summed E-state index contributed by atoms with van der Waals surface area (Å²) < 4.78 is 38.6. The number of benzene rings is 1. The van der Waals surface area contributed by atoms with E-state index < -0.39 is 5.97 Å². The van der Waals surface area contributed by atoms with Crippen LogP contribution in [0.2, 0.25) is 0 Å². The fourth-order valence-corrected chi connectivity index (χ4v) is 2.23. The van der Waals surface area contributed by atoms with E-state index in [4.69, 9.17) is 15.3 Å². The minimum absolute atomic E-state index is 0.0995. The van der Waals surface area contributed by atoms with E-state index in [9.17, 15) is 4.79 Å². The van der Waals surface area contributed by atoms with Gasteiger partial charge in [0.1, 0.15) is 0 Å². The first-order valence-corrected chi connectivity index (χ1v) is 7.00. The highest BCUT2D eigenvalue weighted by Gasteiger charge is 2.11. The molecule has 0 amide bonds. The normalized spacial score (nSPS) is 17.4. The van der Waals surface area contributed by atoms with Crippen LogP contribution in [-0.2, 0) is 16.0 Å². The van der Waals surface area contributed by atoms with Gasteiger partial charge in [0.05, 0.1) is 30.8 Å². The minimum Gasteiger partial charge on any atom is -0.481 e. The topological polar surface area (TPSA) is 62.7 Å². The zero-order valence-electron chi connectivity index (χ0n) is 15.9. The average Bonchev–Trinajstić information content (AvgIpc) is 2.62. The smallest absolute Gasteiger partial charge is 0.309 e. The van der Waals surface area contributed by atoms with Crippen LogP contribution in [0.4, 0.5) is 5.69 Å². The second-order valence-electron chi connectivity index (χ2n) is 4.93. The maximum atomic E-state index is 10.7. The van der Waals surface area contributed by atoms with E-state index in [1.807, 2.05) is 4.90 Å². The molecule has 22 heavy (non-hydrogen) atoms. The van der Waals surface area contributed by atoms with Crippen molar-refractivity contribution in [2.45, 2.75) is 6.42 Å². The molecule has 1 saturated heterocycles.